The predicted molar refractivity (Wildman–Crippen MR) is 51.2 cm³/mol. The summed E-state index contributed by atoms with van der Waals surface area (Å²) in [5.74, 6) is 0. The molecule has 1 rings (SSSR count). The van der Waals surface area contributed by atoms with Crippen LogP contribution in [0.2, 0.25) is 5.15 Å². The third-order valence-electron chi connectivity index (χ3n) is 1.71. The summed E-state index contributed by atoms with van der Waals surface area (Å²) in [6.07, 6.45) is 3.55. The average Bonchev–Trinajstić information content (AvgIpc) is 2.03. The van der Waals surface area contributed by atoms with Gasteiger partial charge in [-0.1, -0.05) is 17.7 Å². The number of nitrogens with two attached hydrogens (primary N) is 1. The van der Waals surface area contributed by atoms with E-state index >= 15 is 0 Å². The molecule has 1 heterocycles. The van der Waals surface area contributed by atoms with Gasteiger partial charge in [0.05, 0.1) is 0 Å². The number of hydrogen-bond acceptors (Lipinski definition) is 2. The molecule has 1 aromatic heterocycles. The van der Waals surface area contributed by atoms with E-state index in [0.717, 1.165) is 18.4 Å². The van der Waals surface area contributed by atoms with Crippen molar-refractivity contribution in [1.82, 2.24) is 4.98 Å². The summed E-state index contributed by atoms with van der Waals surface area (Å²) in [4.78, 5) is 3.98. The zero-order chi connectivity index (χ0) is 8.97. The van der Waals surface area contributed by atoms with Gasteiger partial charge < -0.3 is 5.73 Å². The van der Waals surface area contributed by atoms with Gasteiger partial charge in [-0.15, -0.1) is 0 Å². The lowest BCUT2D eigenvalue weighted by molar-refractivity contribution is 0.665. The van der Waals surface area contributed by atoms with Crippen LogP contribution in [0.25, 0.3) is 0 Å². The number of rotatable bonds is 3. The summed E-state index contributed by atoms with van der Waals surface area (Å²) in [7, 11) is 0. The molecule has 0 aliphatic heterocycles. The molecule has 0 amide bonds. The highest BCUT2D eigenvalue weighted by Gasteiger charge is 2.01. The quantitative estimate of drug-likeness (QED) is 0.730. The first-order valence-corrected chi connectivity index (χ1v) is 4.43. The number of hydrogen-bond donors (Lipinski definition) is 1. The number of nitrogens with zero attached hydrogens (tertiary/aromatic N) is 1. The van der Waals surface area contributed by atoms with Crippen LogP contribution in [0.5, 0.6) is 0 Å². The van der Waals surface area contributed by atoms with Gasteiger partial charge in [0, 0.05) is 12.2 Å². The fraction of sp³-hybridized carbons (Fsp3) is 0.444. The minimum absolute atomic E-state index is 0.223. The number of aromatic nitrogens is 1. The molecule has 0 radical (unpaired) electrons. The van der Waals surface area contributed by atoms with Crippen molar-refractivity contribution in [2.45, 2.75) is 25.8 Å². The molecular weight excluding hydrogens is 172 g/mol. The molecule has 2 N–H and O–H groups in total. The van der Waals surface area contributed by atoms with Gasteiger partial charge in [0.2, 0.25) is 0 Å². The summed E-state index contributed by atoms with van der Waals surface area (Å²) in [5, 5.41) is 0.596. The van der Waals surface area contributed by atoms with E-state index in [1.807, 2.05) is 19.1 Å². The van der Waals surface area contributed by atoms with Gasteiger partial charge in [0.1, 0.15) is 5.15 Å². The zero-order valence-electron chi connectivity index (χ0n) is 7.13. The molecule has 1 unspecified atom stereocenters. The zero-order valence-corrected chi connectivity index (χ0v) is 7.88. The molecule has 0 aromatic carbocycles. The van der Waals surface area contributed by atoms with Crippen LogP contribution in [0.15, 0.2) is 18.3 Å². The number of halogens is 1. The van der Waals surface area contributed by atoms with Crippen molar-refractivity contribution in [3.8, 4) is 0 Å². The smallest absolute Gasteiger partial charge is 0.132 e. The maximum Gasteiger partial charge on any atom is 0.132 e. The normalized spacial score (nSPS) is 12.9. The Kier molecular flexibility index (Phi) is 3.50. The van der Waals surface area contributed by atoms with E-state index < -0.39 is 0 Å². The Bertz CT molecular complexity index is 248. The highest BCUT2D eigenvalue weighted by atomic mass is 35.5. The second kappa shape index (κ2) is 4.43. The van der Waals surface area contributed by atoms with Crippen molar-refractivity contribution in [2.75, 3.05) is 0 Å². The largest absolute Gasteiger partial charge is 0.328 e. The van der Waals surface area contributed by atoms with Crippen molar-refractivity contribution in [3.63, 3.8) is 0 Å². The van der Waals surface area contributed by atoms with Gasteiger partial charge in [-0.3, -0.25) is 0 Å². The standard InChI is InChI=1S/C9H13ClN2/c1-7(11)4-5-8-3-2-6-12-9(8)10/h2-3,6-7H,4-5,11H2,1H3. The van der Waals surface area contributed by atoms with E-state index in [1.54, 1.807) is 6.20 Å². The van der Waals surface area contributed by atoms with E-state index in [2.05, 4.69) is 4.98 Å². The summed E-state index contributed by atoms with van der Waals surface area (Å²) < 4.78 is 0. The monoisotopic (exact) mass is 184 g/mol. The summed E-state index contributed by atoms with van der Waals surface area (Å²) in [6.45, 7) is 1.99. The molecule has 0 aliphatic carbocycles. The van der Waals surface area contributed by atoms with Gasteiger partial charge >= 0.3 is 0 Å². The van der Waals surface area contributed by atoms with Gasteiger partial charge in [0.15, 0.2) is 0 Å². The van der Waals surface area contributed by atoms with Crippen LogP contribution in [-0.2, 0) is 6.42 Å². The minimum Gasteiger partial charge on any atom is -0.328 e. The van der Waals surface area contributed by atoms with Gasteiger partial charge in [-0.25, -0.2) is 4.98 Å². The first-order chi connectivity index (χ1) is 5.70. The van der Waals surface area contributed by atoms with Crippen LogP contribution in [-0.4, -0.2) is 11.0 Å². The molecule has 0 bridgehead atoms. The Morgan fingerprint density at radius 1 is 1.67 bits per heavy atom. The number of aryl methyl sites for hydroxylation is 1. The molecule has 3 heteroatoms. The highest BCUT2D eigenvalue weighted by Crippen LogP contribution is 2.13. The highest BCUT2D eigenvalue weighted by molar-refractivity contribution is 6.30. The lowest BCUT2D eigenvalue weighted by atomic mass is 10.1. The van der Waals surface area contributed by atoms with E-state index in [0.29, 0.717) is 5.15 Å². The second-order valence-corrected chi connectivity index (χ2v) is 3.33. The Morgan fingerprint density at radius 3 is 3.00 bits per heavy atom. The average molecular weight is 185 g/mol. The topological polar surface area (TPSA) is 38.9 Å². The molecular formula is C9H13ClN2. The lowest BCUT2D eigenvalue weighted by Crippen LogP contribution is -2.15. The van der Waals surface area contributed by atoms with E-state index in [9.17, 15) is 0 Å². The first kappa shape index (κ1) is 9.49. The summed E-state index contributed by atoms with van der Waals surface area (Å²) >= 11 is 5.86. The molecule has 0 saturated carbocycles. The summed E-state index contributed by atoms with van der Waals surface area (Å²) in [6, 6.07) is 4.10. The maximum absolute atomic E-state index is 5.86. The van der Waals surface area contributed by atoms with Crippen molar-refractivity contribution < 1.29 is 0 Å². The van der Waals surface area contributed by atoms with E-state index in [-0.39, 0.29) is 6.04 Å². The predicted octanol–water partition coefficient (Wildman–Crippen LogP) is 2.01. The molecule has 2 nitrogen and oxygen atoms in total. The molecule has 1 aromatic rings. The van der Waals surface area contributed by atoms with Crippen LogP contribution in [0.4, 0.5) is 0 Å². The SMILES string of the molecule is CC(N)CCc1cccnc1Cl. The van der Waals surface area contributed by atoms with Crippen LogP contribution in [0.1, 0.15) is 18.9 Å². The maximum atomic E-state index is 5.86. The molecule has 0 fully saturated rings. The van der Waals surface area contributed by atoms with Crippen molar-refractivity contribution in [1.29, 1.82) is 0 Å². The Balaban J connectivity index is 2.57. The first-order valence-electron chi connectivity index (χ1n) is 4.05. The van der Waals surface area contributed by atoms with E-state index in [1.165, 1.54) is 0 Å². The van der Waals surface area contributed by atoms with Gasteiger partial charge in [-0.2, -0.15) is 0 Å². The van der Waals surface area contributed by atoms with Gasteiger partial charge in [0.25, 0.3) is 0 Å². The Hall–Kier alpha value is -0.600. The van der Waals surface area contributed by atoms with Crippen LogP contribution >= 0.6 is 11.6 Å². The molecule has 1 atom stereocenters. The van der Waals surface area contributed by atoms with Crippen LogP contribution < -0.4 is 5.73 Å². The third-order valence-corrected chi connectivity index (χ3v) is 2.05. The van der Waals surface area contributed by atoms with Crippen LogP contribution in [0, 0.1) is 0 Å². The minimum atomic E-state index is 0.223. The second-order valence-electron chi connectivity index (χ2n) is 2.97. The summed E-state index contributed by atoms with van der Waals surface area (Å²) in [5.41, 5.74) is 6.71. The lowest BCUT2D eigenvalue weighted by Gasteiger charge is -2.05. The molecule has 12 heavy (non-hydrogen) atoms. The molecule has 66 valence electrons. The fourth-order valence-electron chi connectivity index (χ4n) is 0.989. The van der Waals surface area contributed by atoms with Gasteiger partial charge in [-0.05, 0) is 31.4 Å². The van der Waals surface area contributed by atoms with Crippen LogP contribution in [0.3, 0.4) is 0 Å². The van der Waals surface area contributed by atoms with Crippen molar-refractivity contribution in [3.05, 3.63) is 29.0 Å². The van der Waals surface area contributed by atoms with E-state index in [4.69, 9.17) is 17.3 Å². The van der Waals surface area contributed by atoms with Crippen molar-refractivity contribution >= 4 is 11.6 Å². The Morgan fingerprint density at radius 2 is 2.42 bits per heavy atom. The third kappa shape index (κ3) is 2.80. The number of pyridine rings is 1. The Labute approximate surface area is 77.8 Å². The molecule has 0 aliphatic rings. The van der Waals surface area contributed by atoms with Crippen molar-refractivity contribution in [2.24, 2.45) is 5.73 Å². The molecule has 0 spiro atoms. The molecule has 0 saturated heterocycles. The fourth-order valence-corrected chi connectivity index (χ4v) is 1.20.